The number of nitrogens with one attached hydrogen (secondary N) is 1. The Hall–Kier alpha value is -1.42. The predicted octanol–water partition coefficient (Wildman–Crippen LogP) is 2.26. The van der Waals surface area contributed by atoms with Crippen molar-refractivity contribution in [2.45, 2.75) is 32.9 Å². The van der Waals surface area contributed by atoms with Crippen LogP contribution >= 0.6 is 0 Å². The fourth-order valence-corrected chi connectivity index (χ4v) is 1.34. The number of ether oxygens (including phenoxy) is 1. The van der Waals surface area contributed by atoms with Crippen molar-refractivity contribution in [3.63, 3.8) is 0 Å². The van der Waals surface area contributed by atoms with Gasteiger partial charge in [0.1, 0.15) is 11.4 Å². The number of esters is 1. The fourth-order valence-electron chi connectivity index (χ4n) is 1.34. The van der Waals surface area contributed by atoms with Crippen molar-refractivity contribution in [3.05, 3.63) is 35.6 Å². The van der Waals surface area contributed by atoms with Crippen LogP contribution in [0.3, 0.4) is 0 Å². The highest BCUT2D eigenvalue weighted by atomic mass is 19.1. The van der Waals surface area contributed by atoms with Crippen LogP contribution in [0, 0.1) is 5.82 Å². The van der Waals surface area contributed by atoms with E-state index in [1.54, 1.807) is 39.0 Å². The van der Waals surface area contributed by atoms with Gasteiger partial charge in [-0.2, -0.15) is 0 Å². The van der Waals surface area contributed by atoms with Crippen LogP contribution < -0.4 is 5.32 Å². The highest BCUT2D eigenvalue weighted by Crippen LogP contribution is 2.10. The van der Waals surface area contributed by atoms with E-state index in [9.17, 15) is 9.18 Å². The van der Waals surface area contributed by atoms with Crippen LogP contribution in [-0.2, 0) is 16.1 Å². The predicted molar refractivity (Wildman–Crippen MR) is 64.0 cm³/mol. The van der Waals surface area contributed by atoms with Gasteiger partial charge >= 0.3 is 5.97 Å². The van der Waals surface area contributed by atoms with Crippen molar-refractivity contribution < 1.29 is 13.9 Å². The van der Waals surface area contributed by atoms with Gasteiger partial charge in [0.05, 0.1) is 6.61 Å². The Balaban J connectivity index is 2.61. The van der Waals surface area contributed by atoms with E-state index in [0.29, 0.717) is 18.7 Å². The number of benzene rings is 1. The topological polar surface area (TPSA) is 38.3 Å². The molecule has 0 fully saturated rings. The summed E-state index contributed by atoms with van der Waals surface area (Å²) in [6, 6.07) is 6.48. The Labute approximate surface area is 101 Å². The smallest absolute Gasteiger partial charge is 0.325 e. The lowest BCUT2D eigenvalue weighted by Gasteiger charge is -2.24. The van der Waals surface area contributed by atoms with Gasteiger partial charge in [0, 0.05) is 12.1 Å². The lowest BCUT2D eigenvalue weighted by atomic mass is 10.1. The van der Waals surface area contributed by atoms with Crippen LogP contribution in [0.2, 0.25) is 0 Å². The summed E-state index contributed by atoms with van der Waals surface area (Å²) in [5.41, 5.74) is -0.289. The average molecular weight is 239 g/mol. The van der Waals surface area contributed by atoms with E-state index in [0.717, 1.165) is 0 Å². The molecular formula is C13H18FNO2. The summed E-state index contributed by atoms with van der Waals surface area (Å²) in [7, 11) is 0. The standard InChI is InChI=1S/C13H18FNO2/c1-4-17-12(16)13(2,3)15-9-10-7-5-6-8-11(10)14/h5-8,15H,4,9H2,1-3H3. The molecule has 0 aliphatic heterocycles. The second kappa shape index (κ2) is 5.77. The van der Waals surface area contributed by atoms with E-state index in [1.807, 2.05) is 0 Å². The van der Waals surface area contributed by atoms with Crippen LogP contribution in [0.25, 0.3) is 0 Å². The zero-order valence-electron chi connectivity index (χ0n) is 10.4. The number of hydrogen-bond donors (Lipinski definition) is 1. The molecule has 0 spiro atoms. The van der Waals surface area contributed by atoms with Gasteiger partial charge in [-0.1, -0.05) is 18.2 Å². The second-order valence-corrected chi connectivity index (χ2v) is 4.29. The minimum atomic E-state index is -0.821. The molecular weight excluding hydrogens is 221 g/mol. The summed E-state index contributed by atoms with van der Waals surface area (Å²) < 4.78 is 18.3. The summed E-state index contributed by atoms with van der Waals surface area (Å²) >= 11 is 0. The van der Waals surface area contributed by atoms with Gasteiger partial charge in [0.2, 0.25) is 0 Å². The molecule has 0 aliphatic carbocycles. The molecule has 0 atom stereocenters. The zero-order chi connectivity index (χ0) is 12.9. The van der Waals surface area contributed by atoms with Gasteiger partial charge in [-0.15, -0.1) is 0 Å². The van der Waals surface area contributed by atoms with E-state index < -0.39 is 5.54 Å². The van der Waals surface area contributed by atoms with Crippen molar-refractivity contribution in [1.29, 1.82) is 0 Å². The largest absolute Gasteiger partial charge is 0.465 e. The number of hydrogen-bond acceptors (Lipinski definition) is 3. The van der Waals surface area contributed by atoms with E-state index in [4.69, 9.17) is 4.74 Å². The highest BCUT2D eigenvalue weighted by Gasteiger charge is 2.28. The van der Waals surface area contributed by atoms with E-state index in [-0.39, 0.29) is 11.8 Å². The first-order chi connectivity index (χ1) is 7.97. The number of rotatable bonds is 5. The molecule has 17 heavy (non-hydrogen) atoms. The molecule has 0 bridgehead atoms. The Kier molecular flexibility index (Phi) is 4.63. The average Bonchev–Trinajstić information content (AvgIpc) is 2.28. The minimum Gasteiger partial charge on any atom is -0.465 e. The molecule has 1 aromatic rings. The molecule has 0 aromatic heterocycles. The Bertz CT molecular complexity index is 391. The fraction of sp³-hybridized carbons (Fsp3) is 0.462. The van der Waals surface area contributed by atoms with Gasteiger partial charge in [-0.05, 0) is 26.8 Å². The van der Waals surface area contributed by atoms with Gasteiger partial charge < -0.3 is 4.74 Å². The third kappa shape index (κ3) is 3.82. The van der Waals surface area contributed by atoms with E-state index >= 15 is 0 Å². The lowest BCUT2D eigenvalue weighted by molar-refractivity contribution is -0.149. The first kappa shape index (κ1) is 13.6. The second-order valence-electron chi connectivity index (χ2n) is 4.29. The third-order valence-electron chi connectivity index (χ3n) is 2.46. The third-order valence-corrected chi connectivity index (χ3v) is 2.46. The Morgan fingerprint density at radius 2 is 2.06 bits per heavy atom. The molecule has 94 valence electrons. The lowest BCUT2D eigenvalue weighted by Crippen LogP contribution is -2.47. The van der Waals surface area contributed by atoms with E-state index in [1.165, 1.54) is 6.07 Å². The van der Waals surface area contributed by atoms with Gasteiger partial charge in [0.15, 0.2) is 0 Å². The number of carbonyl (C=O) groups excluding carboxylic acids is 1. The molecule has 0 heterocycles. The maximum absolute atomic E-state index is 13.4. The number of carbonyl (C=O) groups is 1. The molecule has 0 aliphatic rings. The van der Waals surface area contributed by atoms with Gasteiger partial charge in [0.25, 0.3) is 0 Å². The molecule has 0 saturated heterocycles. The van der Waals surface area contributed by atoms with Crippen molar-refractivity contribution in [1.82, 2.24) is 5.32 Å². The summed E-state index contributed by atoms with van der Waals surface area (Å²) in [6.45, 7) is 5.81. The van der Waals surface area contributed by atoms with Crippen molar-refractivity contribution in [3.8, 4) is 0 Å². The van der Waals surface area contributed by atoms with Crippen molar-refractivity contribution in [2.24, 2.45) is 0 Å². The van der Waals surface area contributed by atoms with Gasteiger partial charge in [-0.3, -0.25) is 10.1 Å². The minimum absolute atomic E-state index is 0.278. The van der Waals surface area contributed by atoms with Crippen LogP contribution in [0.5, 0.6) is 0 Å². The van der Waals surface area contributed by atoms with Crippen LogP contribution in [0.1, 0.15) is 26.3 Å². The van der Waals surface area contributed by atoms with Crippen LogP contribution in [-0.4, -0.2) is 18.1 Å². The molecule has 3 nitrogen and oxygen atoms in total. The zero-order valence-corrected chi connectivity index (χ0v) is 10.4. The molecule has 0 saturated carbocycles. The Morgan fingerprint density at radius 3 is 2.65 bits per heavy atom. The molecule has 0 amide bonds. The molecule has 1 N–H and O–H groups in total. The maximum Gasteiger partial charge on any atom is 0.325 e. The summed E-state index contributed by atoms with van der Waals surface area (Å²) in [4.78, 5) is 11.6. The quantitative estimate of drug-likeness (QED) is 0.801. The molecule has 1 rings (SSSR count). The highest BCUT2D eigenvalue weighted by molar-refractivity contribution is 5.79. The van der Waals surface area contributed by atoms with Crippen molar-refractivity contribution in [2.75, 3.05) is 6.61 Å². The summed E-state index contributed by atoms with van der Waals surface area (Å²) in [5, 5.41) is 2.99. The number of halogens is 1. The van der Waals surface area contributed by atoms with Crippen molar-refractivity contribution >= 4 is 5.97 Å². The Morgan fingerprint density at radius 1 is 1.41 bits per heavy atom. The van der Waals surface area contributed by atoms with Crippen LogP contribution in [0.15, 0.2) is 24.3 Å². The maximum atomic E-state index is 13.4. The summed E-state index contributed by atoms with van der Waals surface area (Å²) in [5.74, 6) is -0.615. The normalized spacial score (nSPS) is 11.3. The monoisotopic (exact) mass is 239 g/mol. The van der Waals surface area contributed by atoms with E-state index in [2.05, 4.69) is 5.32 Å². The summed E-state index contributed by atoms with van der Waals surface area (Å²) in [6.07, 6.45) is 0. The molecule has 0 unspecified atom stereocenters. The SMILES string of the molecule is CCOC(=O)C(C)(C)NCc1ccccc1F. The van der Waals surface area contributed by atoms with Crippen LogP contribution in [0.4, 0.5) is 4.39 Å². The molecule has 4 heteroatoms. The molecule has 0 radical (unpaired) electrons. The van der Waals surface area contributed by atoms with Gasteiger partial charge in [-0.25, -0.2) is 4.39 Å². The first-order valence-corrected chi connectivity index (χ1v) is 5.63. The molecule has 1 aromatic carbocycles. The first-order valence-electron chi connectivity index (χ1n) is 5.63.